The summed E-state index contributed by atoms with van der Waals surface area (Å²) in [5.41, 5.74) is 3.03. The van der Waals surface area contributed by atoms with E-state index in [0.717, 1.165) is 0 Å². The Hall–Kier alpha value is -0.300. The third-order valence-corrected chi connectivity index (χ3v) is 4.81. The lowest BCUT2D eigenvalue weighted by atomic mass is 9.57. The lowest BCUT2D eigenvalue weighted by molar-refractivity contribution is 0.00431. The fraction of sp³-hybridized carbons (Fsp3) is 0.867. The van der Waals surface area contributed by atoms with E-state index < -0.39 is 5.60 Å². The standard InChI is InChI=1S/C15H26O/c1-11-7-5-9-15(4)10-6-8-12(13(11)15)14(2,3)16/h12,16H,5-10H2,1-4H3/t12-,15+/m0/s1. The van der Waals surface area contributed by atoms with E-state index in [1.54, 1.807) is 11.1 Å². The predicted octanol–water partition coefficient (Wildman–Crippen LogP) is 4.06. The molecule has 1 saturated carbocycles. The SMILES string of the molecule is CC1=C2[C@@H](C(C)(C)O)CCC[C@@]2(C)CCC1. The van der Waals surface area contributed by atoms with Crippen molar-refractivity contribution in [3.8, 4) is 0 Å². The second-order valence-electron chi connectivity index (χ2n) is 6.71. The van der Waals surface area contributed by atoms with Crippen LogP contribution in [0.15, 0.2) is 11.1 Å². The second kappa shape index (κ2) is 3.87. The number of rotatable bonds is 1. The first kappa shape index (κ1) is 12.2. The van der Waals surface area contributed by atoms with Crippen LogP contribution in [0.1, 0.15) is 66.2 Å². The van der Waals surface area contributed by atoms with Crippen molar-refractivity contribution in [3.63, 3.8) is 0 Å². The largest absolute Gasteiger partial charge is 0.390 e. The minimum Gasteiger partial charge on any atom is -0.390 e. The summed E-state index contributed by atoms with van der Waals surface area (Å²) in [5, 5.41) is 10.4. The van der Waals surface area contributed by atoms with Gasteiger partial charge in [-0.2, -0.15) is 0 Å². The van der Waals surface area contributed by atoms with Crippen LogP contribution in [0.4, 0.5) is 0 Å². The summed E-state index contributed by atoms with van der Waals surface area (Å²) < 4.78 is 0. The Kier molecular flexibility index (Phi) is 2.94. The van der Waals surface area contributed by atoms with E-state index in [4.69, 9.17) is 0 Å². The molecule has 16 heavy (non-hydrogen) atoms. The van der Waals surface area contributed by atoms with Gasteiger partial charge in [-0.25, -0.2) is 0 Å². The van der Waals surface area contributed by atoms with Crippen molar-refractivity contribution >= 4 is 0 Å². The van der Waals surface area contributed by atoms with Gasteiger partial charge in [0.25, 0.3) is 0 Å². The number of fused-ring (bicyclic) bond motifs is 1. The number of hydrogen-bond donors (Lipinski definition) is 1. The van der Waals surface area contributed by atoms with Gasteiger partial charge >= 0.3 is 0 Å². The third-order valence-electron chi connectivity index (χ3n) is 4.81. The van der Waals surface area contributed by atoms with Gasteiger partial charge in [0, 0.05) is 5.92 Å². The average Bonchev–Trinajstić information content (AvgIpc) is 2.14. The fourth-order valence-corrected chi connectivity index (χ4v) is 4.05. The zero-order chi connectivity index (χ0) is 12.0. The summed E-state index contributed by atoms with van der Waals surface area (Å²) in [4.78, 5) is 0. The van der Waals surface area contributed by atoms with Gasteiger partial charge in [0.05, 0.1) is 5.60 Å². The zero-order valence-corrected chi connectivity index (χ0v) is 11.3. The van der Waals surface area contributed by atoms with E-state index in [-0.39, 0.29) is 0 Å². The van der Waals surface area contributed by atoms with E-state index in [1.165, 1.54) is 38.5 Å². The molecule has 0 aromatic rings. The van der Waals surface area contributed by atoms with E-state index in [2.05, 4.69) is 13.8 Å². The third kappa shape index (κ3) is 1.95. The van der Waals surface area contributed by atoms with Crippen molar-refractivity contribution in [2.75, 3.05) is 0 Å². The molecule has 1 N–H and O–H groups in total. The summed E-state index contributed by atoms with van der Waals surface area (Å²) >= 11 is 0. The number of allylic oxidation sites excluding steroid dienone is 1. The Morgan fingerprint density at radius 2 is 1.88 bits per heavy atom. The summed E-state index contributed by atoms with van der Waals surface area (Å²) in [6.45, 7) is 8.68. The quantitative estimate of drug-likeness (QED) is 0.663. The van der Waals surface area contributed by atoms with Crippen LogP contribution in [0, 0.1) is 11.3 Å². The Bertz CT molecular complexity index is 308. The maximum atomic E-state index is 10.4. The highest BCUT2D eigenvalue weighted by Gasteiger charge is 2.44. The predicted molar refractivity (Wildman–Crippen MR) is 68.3 cm³/mol. The normalized spacial score (nSPS) is 36.2. The summed E-state index contributed by atoms with van der Waals surface area (Å²) in [6.07, 6.45) is 7.69. The Labute approximate surface area is 99.9 Å². The summed E-state index contributed by atoms with van der Waals surface area (Å²) in [7, 11) is 0. The van der Waals surface area contributed by atoms with Gasteiger partial charge in [-0.1, -0.05) is 24.5 Å². The lowest BCUT2D eigenvalue weighted by Gasteiger charge is -2.49. The van der Waals surface area contributed by atoms with Crippen LogP contribution in [0.2, 0.25) is 0 Å². The molecule has 0 radical (unpaired) electrons. The molecule has 2 rings (SSSR count). The summed E-state index contributed by atoms with van der Waals surface area (Å²) in [6, 6.07) is 0. The molecule has 92 valence electrons. The average molecular weight is 222 g/mol. The molecule has 0 bridgehead atoms. The van der Waals surface area contributed by atoms with E-state index in [9.17, 15) is 5.11 Å². The molecule has 0 saturated heterocycles. The Morgan fingerprint density at radius 3 is 2.50 bits per heavy atom. The molecule has 1 heteroatoms. The van der Waals surface area contributed by atoms with Crippen LogP contribution in [0.5, 0.6) is 0 Å². The zero-order valence-electron chi connectivity index (χ0n) is 11.3. The van der Waals surface area contributed by atoms with Crippen molar-refractivity contribution in [1.29, 1.82) is 0 Å². The van der Waals surface area contributed by atoms with E-state index >= 15 is 0 Å². The van der Waals surface area contributed by atoms with Crippen LogP contribution >= 0.6 is 0 Å². The maximum Gasteiger partial charge on any atom is 0.0657 e. The number of aliphatic hydroxyl groups is 1. The van der Waals surface area contributed by atoms with Gasteiger partial charge in [0.2, 0.25) is 0 Å². The van der Waals surface area contributed by atoms with Gasteiger partial charge in [-0.15, -0.1) is 0 Å². The highest BCUT2D eigenvalue weighted by Crippen LogP contribution is 2.54. The van der Waals surface area contributed by atoms with Gasteiger partial charge in [-0.05, 0) is 58.3 Å². The molecule has 2 aliphatic carbocycles. The molecule has 1 nitrogen and oxygen atoms in total. The molecule has 0 unspecified atom stereocenters. The topological polar surface area (TPSA) is 20.2 Å². The van der Waals surface area contributed by atoms with Gasteiger partial charge in [0.15, 0.2) is 0 Å². The molecule has 2 atom stereocenters. The van der Waals surface area contributed by atoms with Gasteiger partial charge < -0.3 is 5.11 Å². The van der Waals surface area contributed by atoms with Crippen LogP contribution in [-0.4, -0.2) is 10.7 Å². The van der Waals surface area contributed by atoms with Crippen LogP contribution < -0.4 is 0 Å². The molecule has 2 aliphatic rings. The Morgan fingerprint density at radius 1 is 1.25 bits per heavy atom. The first-order valence-electron chi connectivity index (χ1n) is 6.77. The molecule has 0 aliphatic heterocycles. The van der Waals surface area contributed by atoms with E-state index in [1.807, 2.05) is 13.8 Å². The van der Waals surface area contributed by atoms with Crippen LogP contribution in [0.3, 0.4) is 0 Å². The fourth-order valence-electron chi connectivity index (χ4n) is 4.05. The first-order valence-corrected chi connectivity index (χ1v) is 6.77. The lowest BCUT2D eigenvalue weighted by Crippen LogP contribution is -2.42. The highest BCUT2D eigenvalue weighted by molar-refractivity contribution is 5.29. The summed E-state index contributed by atoms with van der Waals surface area (Å²) in [5.74, 6) is 0.395. The van der Waals surface area contributed by atoms with Crippen molar-refractivity contribution in [1.82, 2.24) is 0 Å². The highest BCUT2D eigenvalue weighted by atomic mass is 16.3. The van der Waals surface area contributed by atoms with Crippen molar-refractivity contribution < 1.29 is 5.11 Å². The van der Waals surface area contributed by atoms with E-state index in [0.29, 0.717) is 11.3 Å². The molecular formula is C15H26O. The second-order valence-corrected chi connectivity index (χ2v) is 6.71. The van der Waals surface area contributed by atoms with Crippen LogP contribution in [-0.2, 0) is 0 Å². The monoisotopic (exact) mass is 222 g/mol. The van der Waals surface area contributed by atoms with Crippen molar-refractivity contribution in [2.45, 2.75) is 71.8 Å². The van der Waals surface area contributed by atoms with Gasteiger partial charge in [-0.3, -0.25) is 0 Å². The molecule has 0 spiro atoms. The minimum atomic E-state index is -0.546. The minimum absolute atomic E-state index is 0.394. The van der Waals surface area contributed by atoms with Crippen molar-refractivity contribution in [2.24, 2.45) is 11.3 Å². The molecular weight excluding hydrogens is 196 g/mol. The molecule has 0 aromatic carbocycles. The molecule has 0 amide bonds. The maximum absolute atomic E-state index is 10.4. The van der Waals surface area contributed by atoms with Gasteiger partial charge in [0.1, 0.15) is 0 Å². The van der Waals surface area contributed by atoms with Crippen LogP contribution in [0.25, 0.3) is 0 Å². The number of hydrogen-bond acceptors (Lipinski definition) is 1. The Balaban J connectivity index is 2.42. The molecule has 0 heterocycles. The smallest absolute Gasteiger partial charge is 0.0657 e. The molecule has 1 fully saturated rings. The molecule has 0 aromatic heterocycles. The van der Waals surface area contributed by atoms with Crippen molar-refractivity contribution in [3.05, 3.63) is 11.1 Å². The first-order chi connectivity index (χ1) is 7.34.